The molecule has 2 N–H and O–H groups in total. The van der Waals surface area contributed by atoms with Gasteiger partial charge in [-0.2, -0.15) is 0 Å². The number of carboxylic acids is 1. The number of aliphatic carboxylic acids is 1. The highest BCUT2D eigenvalue weighted by molar-refractivity contribution is 5.72. The van der Waals surface area contributed by atoms with Crippen LogP contribution in [-0.2, 0) is 9.53 Å². The summed E-state index contributed by atoms with van der Waals surface area (Å²) in [6.45, 7) is 7.97. The topological polar surface area (TPSA) is 78.9 Å². The Bertz CT molecular complexity index is 371. The maximum Gasteiger partial charge on any atom is 0.410 e. The molecule has 0 unspecified atom stereocenters. The first-order valence-electron chi connectivity index (χ1n) is 6.69. The molecule has 2 rings (SSSR count). The summed E-state index contributed by atoms with van der Waals surface area (Å²) in [7, 11) is 0. The lowest BCUT2D eigenvalue weighted by molar-refractivity contribution is -0.143. The summed E-state index contributed by atoms with van der Waals surface area (Å²) in [6, 6.07) is 0. The fraction of sp³-hybridized carbons (Fsp3) is 0.846. The zero-order chi connectivity index (χ0) is 14.2. The predicted molar refractivity (Wildman–Crippen MR) is 68.8 cm³/mol. The fourth-order valence-electron chi connectivity index (χ4n) is 2.72. The van der Waals surface area contributed by atoms with Crippen molar-refractivity contribution in [2.45, 2.75) is 26.4 Å². The molecule has 0 saturated carbocycles. The molecule has 0 spiro atoms. The van der Waals surface area contributed by atoms with Crippen LogP contribution in [-0.4, -0.2) is 53.8 Å². The molecule has 6 heteroatoms. The van der Waals surface area contributed by atoms with Crippen LogP contribution in [0, 0.1) is 17.8 Å². The van der Waals surface area contributed by atoms with Crippen molar-refractivity contribution in [3.63, 3.8) is 0 Å². The van der Waals surface area contributed by atoms with Crippen molar-refractivity contribution >= 4 is 12.1 Å². The largest absolute Gasteiger partial charge is 0.481 e. The van der Waals surface area contributed by atoms with Gasteiger partial charge in [-0.3, -0.25) is 4.79 Å². The van der Waals surface area contributed by atoms with E-state index in [-0.39, 0.29) is 23.8 Å². The molecular weight excluding hydrogens is 248 g/mol. The number of nitrogens with zero attached hydrogens (tertiary/aromatic N) is 1. The average molecular weight is 270 g/mol. The van der Waals surface area contributed by atoms with Crippen LogP contribution in [0.15, 0.2) is 0 Å². The smallest absolute Gasteiger partial charge is 0.410 e. The molecule has 6 nitrogen and oxygen atoms in total. The third kappa shape index (κ3) is 3.18. The Kier molecular flexibility index (Phi) is 3.71. The Morgan fingerprint density at radius 2 is 1.89 bits per heavy atom. The van der Waals surface area contributed by atoms with E-state index in [2.05, 4.69) is 5.32 Å². The summed E-state index contributed by atoms with van der Waals surface area (Å²) in [4.78, 5) is 24.5. The zero-order valence-electron chi connectivity index (χ0n) is 11.7. The summed E-state index contributed by atoms with van der Waals surface area (Å²) in [5.41, 5.74) is -0.485. The Hall–Kier alpha value is -1.30. The van der Waals surface area contributed by atoms with Crippen molar-refractivity contribution in [3.05, 3.63) is 0 Å². The van der Waals surface area contributed by atoms with E-state index < -0.39 is 11.6 Å². The number of hydrogen-bond acceptors (Lipinski definition) is 4. The van der Waals surface area contributed by atoms with Crippen molar-refractivity contribution in [1.82, 2.24) is 10.2 Å². The van der Waals surface area contributed by atoms with Crippen LogP contribution in [0.1, 0.15) is 20.8 Å². The maximum atomic E-state index is 11.8. The lowest BCUT2D eigenvalue weighted by Crippen LogP contribution is -2.55. The van der Waals surface area contributed by atoms with Gasteiger partial charge in [0.25, 0.3) is 0 Å². The molecule has 1 amide bonds. The van der Waals surface area contributed by atoms with E-state index in [4.69, 9.17) is 9.84 Å². The first kappa shape index (κ1) is 14.1. The highest BCUT2D eigenvalue weighted by atomic mass is 16.6. The fourth-order valence-corrected chi connectivity index (χ4v) is 2.72. The third-order valence-corrected chi connectivity index (χ3v) is 3.75. The maximum absolute atomic E-state index is 11.8. The van der Waals surface area contributed by atoms with Crippen molar-refractivity contribution in [1.29, 1.82) is 0 Å². The molecule has 0 aromatic heterocycles. The number of ether oxygens (including phenoxy) is 1. The van der Waals surface area contributed by atoms with E-state index in [0.29, 0.717) is 19.6 Å². The van der Waals surface area contributed by atoms with E-state index in [9.17, 15) is 9.59 Å². The number of carbonyl (C=O) groups excluding carboxylic acids is 1. The quantitative estimate of drug-likeness (QED) is 0.775. The molecule has 0 aromatic rings. The lowest BCUT2D eigenvalue weighted by atomic mass is 9.79. The number of rotatable bonds is 2. The highest BCUT2D eigenvalue weighted by Gasteiger charge is 2.45. The van der Waals surface area contributed by atoms with Crippen LogP contribution in [0.4, 0.5) is 4.79 Å². The van der Waals surface area contributed by atoms with Gasteiger partial charge in [0.15, 0.2) is 0 Å². The summed E-state index contributed by atoms with van der Waals surface area (Å²) in [5, 5.41) is 12.3. The van der Waals surface area contributed by atoms with Gasteiger partial charge in [0.05, 0.1) is 5.92 Å². The SMILES string of the molecule is CC(C)(C)OC(=O)N1CC([C@@H]2CNC[C@H]2C(=O)O)C1. The molecule has 2 atom stereocenters. The van der Waals surface area contributed by atoms with Gasteiger partial charge in [0, 0.05) is 19.6 Å². The lowest BCUT2D eigenvalue weighted by Gasteiger charge is -2.43. The number of amides is 1. The minimum atomic E-state index is -0.745. The third-order valence-electron chi connectivity index (χ3n) is 3.75. The van der Waals surface area contributed by atoms with Gasteiger partial charge in [0.1, 0.15) is 5.60 Å². The van der Waals surface area contributed by atoms with Gasteiger partial charge in [-0.15, -0.1) is 0 Å². The Labute approximate surface area is 113 Å². The molecule has 19 heavy (non-hydrogen) atoms. The number of carbonyl (C=O) groups is 2. The summed E-state index contributed by atoms with van der Waals surface area (Å²) < 4.78 is 5.28. The van der Waals surface area contributed by atoms with Crippen molar-refractivity contribution in [3.8, 4) is 0 Å². The second-order valence-electron chi connectivity index (χ2n) is 6.41. The average Bonchev–Trinajstić information content (AvgIpc) is 2.60. The van der Waals surface area contributed by atoms with Gasteiger partial charge < -0.3 is 20.1 Å². The molecule has 2 aliphatic rings. The van der Waals surface area contributed by atoms with Crippen molar-refractivity contribution < 1.29 is 19.4 Å². The molecule has 0 aromatic carbocycles. The summed E-state index contributed by atoms with van der Waals surface area (Å²) >= 11 is 0. The summed E-state index contributed by atoms with van der Waals surface area (Å²) in [5.74, 6) is -0.684. The van der Waals surface area contributed by atoms with Crippen molar-refractivity contribution in [2.75, 3.05) is 26.2 Å². The van der Waals surface area contributed by atoms with E-state index in [1.54, 1.807) is 4.90 Å². The van der Waals surface area contributed by atoms with E-state index in [1.807, 2.05) is 20.8 Å². The van der Waals surface area contributed by atoms with Crippen LogP contribution in [0.3, 0.4) is 0 Å². The minimum absolute atomic E-state index is 0.121. The first-order chi connectivity index (χ1) is 8.78. The highest BCUT2D eigenvalue weighted by Crippen LogP contribution is 2.32. The molecular formula is C13H22N2O4. The zero-order valence-corrected chi connectivity index (χ0v) is 11.7. The normalized spacial score (nSPS) is 28.1. The van der Waals surface area contributed by atoms with Gasteiger partial charge in [-0.05, 0) is 39.2 Å². The minimum Gasteiger partial charge on any atom is -0.481 e. The van der Waals surface area contributed by atoms with Crippen LogP contribution in [0.25, 0.3) is 0 Å². The summed E-state index contributed by atoms with van der Waals surface area (Å²) in [6.07, 6.45) is -0.304. The van der Waals surface area contributed by atoms with Gasteiger partial charge in [-0.25, -0.2) is 4.79 Å². The second-order valence-corrected chi connectivity index (χ2v) is 6.41. The molecule has 2 aliphatic heterocycles. The van der Waals surface area contributed by atoms with Gasteiger partial charge in [-0.1, -0.05) is 0 Å². The van der Waals surface area contributed by atoms with E-state index in [0.717, 1.165) is 6.54 Å². The number of carboxylic acid groups (broad SMARTS) is 1. The predicted octanol–water partition coefficient (Wildman–Crippen LogP) is 0.773. The number of hydrogen-bond donors (Lipinski definition) is 2. The van der Waals surface area contributed by atoms with Crippen LogP contribution in [0.5, 0.6) is 0 Å². The number of likely N-dealkylation sites (tertiary alicyclic amines) is 1. The molecule has 0 aliphatic carbocycles. The Balaban J connectivity index is 1.83. The standard InChI is InChI=1S/C13H22N2O4/c1-13(2,3)19-12(18)15-6-8(7-15)9-4-14-5-10(9)11(16)17/h8-10,14H,4-7H2,1-3H3,(H,16,17)/t9-,10+/m0/s1. The van der Waals surface area contributed by atoms with E-state index in [1.165, 1.54) is 0 Å². The second kappa shape index (κ2) is 5.00. The molecule has 2 fully saturated rings. The molecule has 108 valence electrons. The van der Waals surface area contributed by atoms with Crippen LogP contribution < -0.4 is 5.32 Å². The Morgan fingerprint density at radius 3 is 2.42 bits per heavy atom. The van der Waals surface area contributed by atoms with Crippen LogP contribution in [0.2, 0.25) is 0 Å². The molecule has 2 saturated heterocycles. The first-order valence-corrected chi connectivity index (χ1v) is 6.69. The van der Waals surface area contributed by atoms with E-state index >= 15 is 0 Å². The van der Waals surface area contributed by atoms with Gasteiger partial charge >= 0.3 is 12.1 Å². The Morgan fingerprint density at radius 1 is 1.26 bits per heavy atom. The monoisotopic (exact) mass is 270 g/mol. The van der Waals surface area contributed by atoms with Crippen LogP contribution >= 0.6 is 0 Å². The van der Waals surface area contributed by atoms with Gasteiger partial charge in [0.2, 0.25) is 0 Å². The molecule has 0 bridgehead atoms. The molecule has 2 heterocycles. The van der Waals surface area contributed by atoms with Crippen molar-refractivity contribution in [2.24, 2.45) is 17.8 Å². The molecule has 0 radical (unpaired) electrons. The number of nitrogens with one attached hydrogen (secondary N) is 1.